The van der Waals surface area contributed by atoms with E-state index in [2.05, 4.69) is 15.9 Å². The third kappa shape index (κ3) is 2.45. The molecule has 2 nitrogen and oxygen atoms in total. The van der Waals surface area contributed by atoms with Gasteiger partial charge in [-0.1, -0.05) is 15.9 Å². The van der Waals surface area contributed by atoms with E-state index in [9.17, 15) is 0 Å². The number of aryl methyl sites for hydroxylation is 1. The summed E-state index contributed by atoms with van der Waals surface area (Å²) >= 11 is 3.48. The van der Waals surface area contributed by atoms with E-state index >= 15 is 0 Å². The van der Waals surface area contributed by atoms with Gasteiger partial charge in [0.25, 0.3) is 0 Å². The smallest absolute Gasteiger partial charge is 0.119 e. The van der Waals surface area contributed by atoms with Crippen molar-refractivity contribution in [3.8, 4) is 5.75 Å². The van der Waals surface area contributed by atoms with Crippen LogP contribution in [0.15, 0.2) is 16.6 Å². The first-order valence-corrected chi connectivity index (χ1v) is 4.92. The van der Waals surface area contributed by atoms with E-state index in [1.54, 1.807) is 7.11 Å². The predicted octanol–water partition coefficient (Wildman–Crippen LogP) is 2.30. The summed E-state index contributed by atoms with van der Waals surface area (Å²) in [4.78, 5) is 0. The molecule has 0 aromatic heterocycles. The molecule has 1 N–H and O–H groups in total. The van der Waals surface area contributed by atoms with Crippen LogP contribution in [0, 0.1) is 6.92 Å². The first-order valence-electron chi connectivity index (χ1n) is 4.13. The Balaban J connectivity index is 3.09. The summed E-state index contributed by atoms with van der Waals surface area (Å²) in [5.41, 5.74) is 2.21. The number of methoxy groups -OCH3 is 1. The Labute approximate surface area is 86.7 Å². The Morgan fingerprint density at radius 2 is 2.15 bits per heavy atom. The summed E-state index contributed by atoms with van der Waals surface area (Å²) < 4.78 is 6.19. The molecule has 0 unspecified atom stereocenters. The molecule has 0 atom stereocenters. The molecule has 0 aliphatic heterocycles. The van der Waals surface area contributed by atoms with Crippen LogP contribution in [-0.2, 0) is 6.42 Å². The molecular weight excluding hydrogens is 232 g/mol. The van der Waals surface area contributed by atoms with E-state index in [-0.39, 0.29) is 6.61 Å². The van der Waals surface area contributed by atoms with Crippen LogP contribution in [0.1, 0.15) is 11.1 Å². The van der Waals surface area contributed by atoms with Crippen molar-refractivity contribution in [2.45, 2.75) is 13.3 Å². The zero-order chi connectivity index (χ0) is 9.84. The van der Waals surface area contributed by atoms with Crippen LogP contribution in [0.3, 0.4) is 0 Å². The van der Waals surface area contributed by atoms with Gasteiger partial charge in [0.15, 0.2) is 0 Å². The predicted molar refractivity (Wildman–Crippen MR) is 56.2 cm³/mol. The van der Waals surface area contributed by atoms with Crippen molar-refractivity contribution in [2.75, 3.05) is 13.7 Å². The Bertz CT molecular complexity index is 297. The first-order chi connectivity index (χ1) is 6.19. The van der Waals surface area contributed by atoms with Crippen LogP contribution in [0.4, 0.5) is 0 Å². The van der Waals surface area contributed by atoms with Crippen molar-refractivity contribution >= 4 is 15.9 Å². The molecule has 0 aliphatic rings. The maximum Gasteiger partial charge on any atom is 0.119 e. The zero-order valence-electron chi connectivity index (χ0n) is 7.80. The minimum absolute atomic E-state index is 0.158. The lowest BCUT2D eigenvalue weighted by Crippen LogP contribution is -1.95. The van der Waals surface area contributed by atoms with Gasteiger partial charge in [-0.15, -0.1) is 0 Å². The zero-order valence-corrected chi connectivity index (χ0v) is 9.39. The largest absolute Gasteiger partial charge is 0.497 e. The van der Waals surface area contributed by atoms with E-state index < -0.39 is 0 Å². The van der Waals surface area contributed by atoms with Gasteiger partial charge in [-0.25, -0.2) is 0 Å². The number of aliphatic hydroxyl groups excluding tert-OH is 1. The molecule has 0 fully saturated rings. The fourth-order valence-corrected chi connectivity index (χ4v) is 1.65. The highest BCUT2D eigenvalue weighted by molar-refractivity contribution is 9.10. The first kappa shape index (κ1) is 10.5. The third-order valence-corrected chi connectivity index (χ3v) is 3.05. The molecule has 0 bridgehead atoms. The highest BCUT2D eigenvalue weighted by Gasteiger charge is 2.05. The van der Waals surface area contributed by atoms with Crippen LogP contribution >= 0.6 is 15.9 Å². The Morgan fingerprint density at radius 3 is 2.69 bits per heavy atom. The van der Waals surface area contributed by atoms with E-state index in [1.165, 1.54) is 0 Å². The second kappa shape index (κ2) is 4.63. The second-order valence-electron chi connectivity index (χ2n) is 2.89. The van der Waals surface area contributed by atoms with Gasteiger partial charge >= 0.3 is 0 Å². The van der Waals surface area contributed by atoms with Crippen LogP contribution in [0.25, 0.3) is 0 Å². The number of aliphatic hydroxyl groups is 1. The molecular formula is C10H13BrO2. The number of hydrogen-bond donors (Lipinski definition) is 1. The normalized spacial score (nSPS) is 10.2. The summed E-state index contributed by atoms with van der Waals surface area (Å²) in [5, 5.41) is 8.84. The molecule has 72 valence electrons. The molecule has 0 heterocycles. The van der Waals surface area contributed by atoms with Crippen molar-refractivity contribution in [1.82, 2.24) is 0 Å². The average molecular weight is 245 g/mol. The minimum Gasteiger partial charge on any atom is -0.497 e. The maximum absolute atomic E-state index is 8.84. The number of benzene rings is 1. The SMILES string of the molecule is COc1cc(C)c(Br)c(CCO)c1. The van der Waals surface area contributed by atoms with E-state index in [0.29, 0.717) is 6.42 Å². The highest BCUT2D eigenvalue weighted by atomic mass is 79.9. The van der Waals surface area contributed by atoms with Gasteiger partial charge in [-0.05, 0) is 36.6 Å². The van der Waals surface area contributed by atoms with Gasteiger partial charge in [0, 0.05) is 11.1 Å². The van der Waals surface area contributed by atoms with Gasteiger partial charge in [0.2, 0.25) is 0 Å². The quantitative estimate of drug-likeness (QED) is 0.885. The Kier molecular flexibility index (Phi) is 3.75. The minimum atomic E-state index is 0.158. The van der Waals surface area contributed by atoms with Crippen molar-refractivity contribution in [2.24, 2.45) is 0 Å². The highest BCUT2D eigenvalue weighted by Crippen LogP contribution is 2.27. The molecule has 3 heteroatoms. The molecule has 0 aliphatic carbocycles. The molecule has 0 spiro atoms. The van der Waals surface area contributed by atoms with Gasteiger partial charge in [0.1, 0.15) is 5.75 Å². The number of rotatable bonds is 3. The molecule has 0 radical (unpaired) electrons. The van der Waals surface area contributed by atoms with Crippen LogP contribution in [0.2, 0.25) is 0 Å². The maximum atomic E-state index is 8.84. The third-order valence-electron chi connectivity index (χ3n) is 1.92. The van der Waals surface area contributed by atoms with Crippen molar-refractivity contribution in [3.05, 3.63) is 27.7 Å². The van der Waals surface area contributed by atoms with Gasteiger partial charge in [-0.3, -0.25) is 0 Å². The summed E-state index contributed by atoms with van der Waals surface area (Å²) in [5.74, 6) is 0.837. The molecule has 1 aromatic rings. The number of ether oxygens (including phenoxy) is 1. The second-order valence-corrected chi connectivity index (χ2v) is 3.68. The topological polar surface area (TPSA) is 29.5 Å². The summed E-state index contributed by atoms with van der Waals surface area (Å²) in [6, 6.07) is 3.90. The molecule has 1 rings (SSSR count). The molecule has 0 saturated carbocycles. The molecule has 1 aromatic carbocycles. The number of halogens is 1. The monoisotopic (exact) mass is 244 g/mol. The van der Waals surface area contributed by atoms with E-state index in [0.717, 1.165) is 21.3 Å². The van der Waals surface area contributed by atoms with Crippen molar-refractivity contribution in [1.29, 1.82) is 0 Å². The molecule has 13 heavy (non-hydrogen) atoms. The van der Waals surface area contributed by atoms with Gasteiger partial charge in [0.05, 0.1) is 7.11 Å². The van der Waals surface area contributed by atoms with Crippen LogP contribution in [0.5, 0.6) is 5.75 Å². The fourth-order valence-electron chi connectivity index (χ4n) is 1.23. The van der Waals surface area contributed by atoms with Crippen molar-refractivity contribution < 1.29 is 9.84 Å². The summed E-state index contributed by atoms with van der Waals surface area (Å²) in [6.45, 7) is 2.17. The molecule has 0 amide bonds. The lowest BCUT2D eigenvalue weighted by Gasteiger charge is -2.08. The lowest BCUT2D eigenvalue weighted by atomic mass is 10.1. The standard InChI is InChI=1S/C10H13BrO2/c1-7-5-9(13-2)6-8(3-4-12)10(7)11/h5-6,12H,3-4H2,1-2H3. The van der Waals surface area contributed by atoms with Crippen LogP contribution in [-0.4, -0.2) is 18.8 Å². The summed E-state index contributed by atoms with van der Waals surface area (Å²) in [6.07, 6.45) is 0.651. The van der Waals surface area contributed by atoms with E-state index in [4.69, 9.17) is 9.84 Å². The van der Waals surface area contributed by atoms with E-state index in [1.807, 2.05) is 19.1 Å². The Hall–Kier alpha value is -0.540. The molecule has 0 saturated heterocycles. The Morgan fingerprint density at radius 1 is 1.46 bits per heavy atom. The summed E-state index contributed by atoms with van der Waals surface area (Å²) in [7, 11) is 1.64. The average Bonchev–Trinajstić information content (AvgIpc) is 2.13. The van der Waals surface area contributed by atoms with Crippen molar-refractivity contribution in [3.63, 3.8) is 0 Å². The number of hydrogen-bond acceptors (Lipinski definition) is 2. The lowest BCUT2D eigenvalue weighted by molar-refractivity contribution is 0.299. The van der Waals surface area contributed by atoms with Crippen LogP contribution < -0.4 is 4.74 Å². The van der Waals surface area contributed by atoms with Gasteiger partial charge in [-0.2, -0.15) is 0 Å². The van der Waals surface area contributed by atoms with Gasteiger partial charge < -0.3 is 9.84 Å². The fraction of sp³-hybridized carbons (Fsp3) is 0.400.